The molecule has 170 valence electrons. The number of phenols is 1. The van der Waals surface area contributed by atoms with Gasteiger partial charge >= 0.3 is 0 Å². The Bertz CT molecular complexity index is 1440. The minimum atomic E-state index is -0.489. The van der Waals surface area contributed by atoms with Crippen molar-refractivity contribution in [2.45, 2.75) is 6.92 Å². The van der Waals surface area contributed by atoms with Crippen molar-refractivity contribution in [2.24, 2.45) is 0 Å². The number of ether oxygens (including phenoxy) is 1. The number of nitrogens with one attached hydrogen (secondary N) is 2. The van der Waals surface area contributed by atoms with Crippen LogP contribution in [0.25, 0.3) is 22.2 Å². The van der Waals surface area contributed by atoms with Crippen LogP contribution in [-0.2, 0) is 0 Å². The van der Waals surface area contributed by atoms with Gasteiger partial charge in [-0.25, -0.2) is 4.98 Å². The SMILES string of the molecule is COc1ccccc1NC(=S)NC(=O)c1cc(-c2ccccc2O)nc2ccc(C(C)=O)cc12. The molecule has 0 bridgehead atoms. The van der Waals surface area contributed by atoms with E-state index in [1.54, 1.807) is 67.8 Å². The van der Waals surface area contributed by atoms with Crippen LogP contribution in [0.15, 0.2) is 72.8 Å². The Morgan fingerprint density at radius 3 is 2.47 bits per heavy atom. The summed E-state index contributed by atoms with van der Waals surface area (Å²) in [6, 6.07) is 20.4. The summed E-state index contributed by atoms with van der Waals surface area (Å²) in [4.78, 5) is 29.9. The molecule has 7 nitrogen and oxygen atoms in total. The Morgan fingerprint density at radius 2 is 1.74 bits per heavy atom. The third-order valence-corrected chi connectivity index (χ3v) is 5.43. The van der Waals surface area contributed by atoms with Gasteiger partial charge in [-0.1, -0.05) is 24.3 Å². The van der Waals surface area contributed by atoms with Crippen LogP contribution in [0.2, 0.25) is 0 Å². The van der Waals surface area contributed by atoms with Crippen LogP contribution in [0.3, 0.4) is 0 Å². The van der Waals surface area contributed by atoms with Gasteiger partial charge in [0, 0.05) is 16.5 Å². The number of carbonyl (C=O) groups is 2. The number of carbonyl (C=O) groups excluding carboxylic acids is 2. The number of thiocarbonyl (C=S) groups is 1. The number of hydrogen-bond acceptors (Lipinski definition) is 6. The number of anilines is 1. The quantitative estimate of drug-likeness (QED) is 0.280. The lowest BCUT2D eigenvalue weighted by Gasteiger charge is -2.14. The minimum Gasteiger partial charge on any atom is -0.507 e. The van der Waals surface area contributed by atoms with Crippen molar-refractivity contribution < 1.29 is 19.4 Å². The molecule has 1 heterocycles. The van der Waals surface area contributed by atoms with Gasteiger partial charge < -0.3 is 15.2 Å². The number of phenolic OH excluding ortho intramolecular Hbond substituents is 1. The van der Waals surface area contributed by atoms with Crippen LogP contribution in [0.1, 0.15) is 27.6 Å². The van der Waals surface area contributed by atoms with Crippen LogP contribution in [0.4, 0.5) is 5.69 Å². The number of ketones is 1. The average molecular weight is 472 g/mol. The first-order valence-corrected chi connectivity index (χ1v) is 10.8. The number of rotatable bonds is 5. The first-order chi connectivity index (χ1) is 16.4. The molecule has 4 aromatic rings. The number of benzene rings is 3. The summed E-state index contributed by atoms with van der Waals surface area (Å²) in [5, 5.41) is 16.5. The molecule has 0 saturated carbocycles. The summed E-state index contributed by atoms with van der Waals surface area (Å²) in [6.45, 7) is 1.46. The summed E-state index contributed by atoms with van der Waals surface area (Å²) in [5.41, 5.74) is 2.70. The summed E-state index contributed by atoms with van der Waals surface area (Å²) < 4.78 is 5.31. The molecule has 0 saturated heterocycles. The predicted molar refractivity (Wildman–Crippen MR) is 136 cm³/mol. The highest BCUT2D eigenvalue weighted by Gasteiger charge is 2.18. The number of fused-ring (bicyclic) bond motifs is 1. The summed E-state index contributed by atoms with van der Waals surface area (Å²) in [6.07, 6.45) is 0. The van der Waals surface area contributed by atoms with E-state index in [-0.39, 0.29) is 22.2 Å². The molecule has 3 N–H and O–H groups in total. The fourth-order valence-electron chi connectivity index (χ4n) is 3.53. The fourth-order valence-corrected chi connectivity index (χ4v) is 3.74. The van der Waals surface area contributed by atoms with Crippen LogP contribution in [-0.4, -0.2) is 34.0 Å². The molecule has 0 unspecified atom stereocenters. The van der Waals surface area contributed by atoms with Crippen molar-refractivity contribution in [1.82, 2.24) is 10.3 Å². The van der Waals surface area contributed by atoms with E-state index in [9.17, 15) is 14.7 Å². The summed E-state index contributed by atoms with van der Waals surface area (Å²) in [7, 11) is 1.54. The lowest BCUT2D eigenvalue weighted by molar-refractivity contribution is 0.0976. The van der Waals surface area contributed by atoms with Crippen molar-refractivity contribution in [3.05, 3.63) is 83.9 Å². The largest absolute Gasteiger partial charge is 0.507 e. The van der Waals surface area contributed by atoms with Gasteiger partial charge in [-0.15, -0.1) is 0 Å². The highest BCUT2D eigenvalue weighted by molar-refractivity contribution is 7.80. The molecule has 0 spiro atoms. The molecule has 1 aromatic heterocycles. The number of nitrogens with zero attached hydrogens (tertiary/aromatic N) is 1. The number of pyridine rings is 1. The Hall–Kier alpha value is -4.30. The molecular formula is C26H21N3O4S. The molecule has 0 fully saturated rings. The second kappa shape index (κ2) is 9.68. The Labute approximate surface area is 201 Å². The molecule has 0 aliphatic carbocycles. The molecule has 3 aromatic carbocycles. The third kappa shape index (κ3) is 4.72. The minimum absolute atomic E-state index is 0.0365. The maximum atomic E-state index is 13.3. The molecule has 4 rings (SSSR count). The number of hydrogen-bond donors (Lipinski definition) is 3. The Morgan fingerprint density at radius 1 is 1.00 bits per heavy atom. The van der Waals surface area contributed by atoms with Gasteiger partial charge in [0.1, 0.15) is 11.5 Å². The van der Waals surface area contributed by atoms with Crippen molar-refractivity contribution in [1.29, 1.82) is 0 Å². The topological polar surface area (TPSA) is 101 Å². The molecule has 8 heteroatoms. The second-order valence-corrected chi connectivity index (χ2v) is 7.88. The molecule has 1 amide bonds. The maximum Gasteiger partial charge on any atom is 0.258 e. The molecular weight excluding hydrogens is 450 g/mol. The number of aromatic hydroxyl groups is 1. The normalized spacial score (nSPS) is 10.5. The lowest BCUT2D eigenvalue weighted by atomic mass is 10.0. The predicted octanol–water partition coefficient (Wildman–Crippen LogP) is 4.95. The van der Waals surface area contributed by atoms with Gasteiger partial charge in [0.05, 0.1) is 29.6 Å². The van der Waals surface area contributed by atoms with Crippen LogP contribution >= 0.6 is 12.2 Å². The summed E-state index contributed by atoms with van der Waals surface area (Å²) >= 11 is 5.35. The maximum absolute atomic E-state index is 13.3. The standard InChI is InChI=1S/C26H21N3O4S/c1-15(30)16-11-12-20-18(13-16)19(14-22(27-20)17-7-3-5-9-23(17)31)25(32)29-26(34)28-21-8-4-6-10-24(21)33-2/h3-14,31H,1-2H3,(H2,28,29,32,34). The van der Waals surface area contributed by atoms with Crippen molar-refractivity contribution in [3.63, 3.8) is 0 Å². The van der Waals surface area contributed by atoms with E-state index in [0.29, 0.717) is 39.2 Å². The lowest BCUT2D eigenvalue weighted by Crippen LogP contribution is -2.34. The zero-order chi connectivity index (χ0) is 24.2. The second-order valence-electron chi connectivity index (χ2n) is 7.47. The number of para-hydroxylation sites is 3. The van der Waals surface area contributed by atoms with E-state index in [2.05, 4.69) is 15.6 Å². The van der Waals surface area contributed by atoms with Crippen LogP contribution in [0, 0.1) is 0 Å². The molecule has 0 aliphatic rings. The number of Topliss-reactive ketones (excluding diaryl/α,β-unsaturated/α-hetero) is 1. The first kappa shape index (κ1) is 22.9. The third-order valence-electron chi connectivity index (χ3n) is 5.22. The van der Waals surface area contributed by atoms with E-state index in [4.69, 9.17) is 17.0 Å². The number of aromatic nitrogens is 1. The van der Waals surface area contributed by atoms with Gasteiger partial charge in [0.2, 0.25) is 0 Å². The van der Waals surface area contributed by atoms with E-state index in [1.165, 1.54) is 6.92 Å². The van der Waals surface area contributed by atoms with E-state index in [0.717, 1.165) is 0 Å². The number of methoxy groups -OCH3 is 1. The van der Waals surface area contributed by atoms with Crippen LogP contribution < -0.4 is 15.4 Å². The van der Waals surface area contributed by atoms with Gasteiger partial charge in [-0.3, -0.25) is 14.9 Å². The monoisotopic (exact) mass is 471 g/mol. The highest BCUT2D eigenvalue weighted by atomic mass is 32.1. The van der Waals surface area contributed by atoms with E-state index < -0.39 is 5.91 Å². The number of amides is 1. The first-order valence-electron chi connectivity index (χ1n) is 10.4. The Kier molecular flexibility index (Phi) is 6.51. The molecule has 34 heavy (non-hydrogen) atoms. The van der Waals surface area contributed by atoms with Gasteiger partial charge in [-0.2, -0.15) is 0 Å². The summed E-state index contributed by atoms with van der Waals surface area (Å²) in [5.74, 6) is -0.0145. The van der Waals surface area contributed by atoms with Gasteiger partial charge in [0.25, 0.3) is 5.91 Å². The zero-order valence-electron chi connectivity index (χ0n) is 18.5. The van der Waals surface area contributed by atoms with Gasteiger partial charge in [-0.05, 0) is 67.7 Å². The van der Waals surface area contributed by atoms with Crippen LogP contribution in [0.5, 0.6) is 11.5 Å². The van der Waals surface area contributed by atoms with Crippen molar-refractivity contribution in [2.75, 3.05) is 12.4 Å². The van der Waals surface area contributed by atoms with Crippen molar-refractivity contribution >= 4 is 45.6 Å². The highest BCUT2D eigenvalue weighted by Crippen LogP contribution is 2.31. The van der Waals surface area contributed by atoms with E-state index in [1.807, 2.05) is 12.1 Å². The molecule has 0 radical (unpaired) electrons. The van der Waals surface area contributed by atoms with Gasteiger partial charge in [0.15, 0.2) is 10.9 Å². The van der Waals surface area contributed by atoms with E-state index >= 15 is 0 Å². The van der Waals surface area contributed by atoms with Crippen molar-refractivity contribution in [3.8, 4) is 22.8 Å². The zero-order valence-corrected chi connectivity index (χ0v) is 19.3. The smallest absolute Gasteiger partial charge is 0.258 e. The Balaban J connectivity index is 1.74. The molecule has 0 atom stereocenters. The molecule has 0 aliphatic heterocycles. The average Bonchev–Trinajstić information content (AvgIpc) is 2.83. The fraction of sp³-hybridized carbons (Fsp3) is 0.0769.